The Kier molecular flexibility index (Phi) is 3.41. The second kappa shape index (κ2) is 5.14. The molecule has 3 N–H and O–H groups in total. The molecule has 3 saturated carbocycles. The van der Waals surface area contributed by atoms with Gasteiger partial charge in [-0.1, -0.05) is 20.8 Å². The summed E-state index contributed by atoms with van der Waals surface area (Å²) in [7, 11) is 0. The third-order valence-corrected chi connectivity index (χ3v) is 9.96. The van der Waals surface area contributed by atoms with Crippen molar-refractivity contribution in [2.45, 2.75) is 77.9 Å². The number of aromatic amines is 1. The summed E-state index contributed by atoms with van der Waals surface area (Å²) in [6.45, 7) is 9.09. The highest BCUT2D eigenvalue weighted by Gasteiger charge is 2.66. The summed E-state index contributed by atoms with van der Waals surface area (Å²) in [5, 5.41) is 30.1. The molecule has 4 aliphatic carbocycles. The summed E-state index contributed by atoms with van der Waals surface area (Å²) in [5.74, 6) is 2.13. The third kappa shape index (κ3) is 1.90. The average Bonchev–Trinajstić information content (AvgIpc) is 3.12. The fourth-order valence-corrected chi connectivity index (χ4v) is 8.13. The molecule has 0 aromatic carbocycles. The molecule has 9 atom stereocenters. The lowest BCUT2D eigenvalue weighted by Gasteiger charge is -2.64. The maximum atomic E-state index is 11.4. The van der Waals surface area contributed by atoms with Crippen molar-refractivity contribution in [2.24, 2.45) is 40.4 Å². The molecule has 26 heavy (non-hydrogen) atoms. The van der Waals surface area contributed by atoms with E-state index in [2.05, 4.69) is 31.0 Å². The number of aliphatic hydroxyl groups is 2. The SMILES string of the molecule is C[C@H]1[C@H](O)[C@@H]2[C@H](CC[C@@]3(C)[C@H]2CC[C@]3(C)O)[C@@]2(C)Cc3cn[nH]c3C[C@H]12. The summed E-state index contributed by atoms with van der Waals surface area (Å²) < 4.78 is 0. The molecule has 0 spiro atoms. The fraction of sp³-hybridized carbons (Fsp3) is 0.864. The number of rotatable bonds is 0. The van der Waals surface area contributed by atoms with Crippen LogP contribution in [0.1, 0.15) is 64.6 Å². The average molecular weight is 359 g/mol. The van der Waals surface area contributed by atoms with Gasteiger partial charge in [-0.05, 0) is 91.4 Å². The molecule has 0 aliphatic heterocycles. The van der Waals surface area contributed by atoms with Gasteiger partial charge in [-0.2, -0.15) is 5.10 Å². The molecule has 1 aromatic heterocycles. The maximum absolute atomic E-state index is 11.4. The maximum Gasteiger partial charge on any atom is 0.0675 e. The number of aromatic nitrogens is 2. The van der Waals surface area contributed by atoms with Gasteiger partial charge in [-0.15, -0.1) is 0 Å². The molecule has 0 unspecified atom stereocenters. The normalized spacial score (nSPS) is 55.6. The zero-order valence-electron chi connectivity index (χ0n) is 16.6. The number of hydrogen-bond acceptors (Lipinski definition) is 3. The van der Waals surface area contributed by atoms with Gasteiger partial charge in [-0.3, -0.25) is 5.10 Å². The summed E-state index contributed by atoms with van der Waals surface area (Å²) in [6, 6.07) is 0. The smallest absolute Gasteiger partial charge is 0.0675 e. The Labute approximate surface area is 156 Å². The fourth-order valence-electron chi connectivity index (χ4n) is 8.13. The zero-order valence-corrected chi connectivity index (χ0v) is 16.6. The molecule has 3 fully saturated rings. The minimum Gasteiger partial charge on any atom is -0.393 e. The number of hydrogen-bond donors (Lipinski definition) is 3. The first-order chi connectivity index (χ1) is 12.2. The molecule has 0 saturated heterocycles. The van der Waals surface area contributed by atoms with E-state index in [-0.39, 0.29) is 16.9 Å². The van der Waals surface area contributed by atoms with Crippen molar-refractivity contribution >= 4 is 0 Å². The topological polar surface area (TPSA) is 69.1 Å². The van der Waals surface area contributed by atoms with Gasteiger partial charge < -0.3 is 10.2 Å². The van der Waals surface area contributed by atoms with Crippen LogP contribution >= 0.6 is 0 Å². The van der Waals surface area contributed by atoms with E-state index < -0.39 is 5.60 Å². The van der Waals surface area contributed by atoms with Crippen LogP contribution in [0.5, 0.6) is 0 Å². The molecule has 0 bridgehead atoms. The van der Waals surface area contributed by atoms with Gasteiger partial charge in [0.1, 0.15) is 0 Å². The Balaban J connectivity index is 1.58. The molecular weight excluding hydrogens is 324 g/mol. The predicted octanol–water partition coefficient (Wildman–Crippen LogP) is 3.33. The number of nitrogens with zero attached hydrogens (tertiary/aromatic N) is 1. The van der Waals surface area contributed by atoms with Crippen molar-refractivity contribution in [2.75, 3.05) is 0 Å². The number of fused-ring (bicyclic) bond motifs is 6. The van der Waals surface area contributed by atoms with E-state index in [1.807, 2.05) is 13.1 Å². The highest BCUT2D eigenvalue weighted by molar-refractivity contribution is 5.27. The summed E-state index contributed by atoms with van der Waals surface area (Å²) >= 11 is 0. The highest BCUT2D eigenvalue weighted by Crippen LogP contribution is 2.68. The predicted molar refractivity (Wildman–Crippen MR) is 100 cm³/mol. The van der Waals surface area contributed by atoms with Crippen molar-refractivity contribution in [3.8, 4) is 0 Å². The lowest BCUT2D eigenvalue weighted by Crippen LogP contribution is -2.63. The lowest BCUT2D eigenvalue weighted by molar-refractivity contribution is -0.195. The molecule has 1 heterocycles. The first kappa shape index (κ1) is 17.2. The standard InChI is InChI=1S/C22H34N2O2/c1-12-16-9-17-13(11-23-24-17)10-20(16,2)14-5-7-21(3)15(18(14)19(12)25)6-8-22(21,4)26/h11-12,14-16,18-19,25-26H,5-10H2,1-4H3,(H,23,24)/t12-,14+,15+,16-,18-,19+,20-,21+,22+/m1/s1. The Bertz CT molecular complexity index is 727. The van der Waals surface area contributed by atoms with Crippen LogP contribution in [0, 0.1) is 40.4 Å². The van der Waals surface area contributed by atoms with Crippen molar-refractivity contribution in [3.05, 3.63) is 17.5 Å². The van der Waals surface area contributed by atoms with Crippen LogP contribution in [0.3, 0.4) is 0 Å². The number of H-pyrrole nitrogens is 1. The van der Waals surface area contributed by atoms with Gasteiger partial charge in [0, 0.05) is 5.69 Å². The van der Waals surface area contributed by atoms with Crippen LogP contribution in [0.15, 0.2) is 6.20 Å². The van der Waals surface area contributed by atoms with E-state index in [1.165, 1.54) is 11.3 Å². The largest absolute Gasteiger partial charge is 0.393 e. The molecule has 1 aromatic rings. The van der Waals surface area contributed by atoms with E-state index in [1.54, 1.807) is 0 Å². The van der Waals surface area contributed by atoms with E-state index in [4.69, 9.17) is 0 Å². The Morgan fingerprint density at radius 2 is 1.85 bits per heavy atom. The molecule has 0 radical (unpaired) electrons. The summed E-state index contributed by atoms with van der Waals surface area (Å²) in [6.07, 6.45) is 8.05. The van der Waals surface area contributed by atoms with Crippen LogP contribution < -0.4 is 0 Å². The molecule has 4 nitrogen and oxygen atoms in total. The highest BCUT2D eigenvalue weighted by atomic mass is 16.3. The Morgan fingerprint density at radius 3 is 2.62 bits per heavy atom. The quantitative estimate of drug-likeness (QED) is 0.666. The van der Waals surface area contributed by atoms with E-state index >= 15 is 0 Å². The molecular formula is C22H34N2O2. The van der Waals surface area contributed by atoms with Gasteiger partial charge in [0.25, 0.3) is 0 Å². The minimum atomic E-state index is -0.590. The van der Waals surface area contributed by atoms with Crippen molar-refractivity contribution in [1.29, 1.82) is 0 Å². The van der Waals surface area contributed by atoms with Gasteiger partial charge >= 0.3 is 0 Å². The Morgan fingerprint density at radius 1 is 1.12 bits per heavy atom. The van der Waals surface area contributed by atoms with E-state index in [0.29, 0.717) is 29.6 Å². The minimum absolute atomic E-state index is 0.0481. The van der Waals surface area contributed by atoms with Crippen LogP contribution in [0.4, 0.5) is 0 Å². The second-order valence-electron chi connectivity index (χ2n) is 10.8. The van der Waals surface area contributed by atoms with Crippen LogP contribution in [0.25, 0.3) is 0 Å². The van der Waals surface area contributed by atoms with E-state index in [9.17, 15) is 10.2 Å². The zero-order chi connectivity index (χ0) is 18.5. The van der Waals surface area contributed by atoms with Crippen molar-refractivity contribution in [3.63, 3.8) is 0 Å². The molecule has 144 valence electrons. The molecule has 0 amide bonds. The van der Waals surface area contributed by atoms with E-state index in [0.717, 1.165) is 38.5 Å². The van der Waals surface area contributed by atoms with Crippen LogP contribution in [-0.2, 0) is 12.8 Å². The summed E-state index contributed by atoms with van der Waals surface area (Å²) in [5.41, 5.74) is 2.27. The van der Waals surface area contributed by atoms with Gasteiger partial charge in [0.2, 0.25) is 0 Å². The molecule has 4 heteroatoms. The number of nitrogens with one attached hydrogen (secondary N) is 1. The third-order valence-electron chi connectivity index (χ3n) is 9.96. The second-order valence-corrected chi connectivity index (χ2v) is 10.8. The van der Waals surface area contributed by atoms with Crippen molar-refractivity contribution < 1.29 is 10.2 Å². The van der Waals surface area contributed by atoms with Crippen LogP contribution in [-0.4, -0.2) is 32.1 Å². The summed E-state index contributed by atoms with van der Waals surface area (Å²) in [4.78, 5) is 0. The lowest BCUT2D eigenvalue weighted by atomic mass is 9.42. The molecule has 4 aliphatic rings. The molecule has 5 rings (SSSR count). The van der Waals surface area contributed by atoms with Gasteiger partial charge in [-0.25, -0.2) is 0 Å². The van der Waals surface area contributed by atoms with Gasteiger partial charge in [0.05, 0.1) is 17.9 Å². The Hall–Kier alpha value is -0.870. The monoisotopic (exact) mass is 358 g/mol. The number of aliphatic hydroxyl groups excluding tert-OH is 1. The van der Waals surface area contributed by atoms with Crippen molar-refractivity contribution in [1.82, 2.24) is 10.2 Å². The first-order valence-electron chi connectivity index (χ1n) is 10.6. The van der Waals surface area contributed by atoms with Gasteiger partial charge in [0.15, 0.2) is 0 Å². The first-order valence-corrected chi connectivity index (χ1v) is 10.6. The van der Waals surface area contributed by atoms with Crippen LogP contribution in [0.2, 0.25) is 0 Å².